The maximum Gasteiger partial charge on any atom is 0.148 e. The Morgan fingerprint density at radius 2 is 2.08 bits per heavy atom. The fraction of sp³-hybridized carbons (Fsp3) is 0.143. The van der Waals surface area contributed by atoms with Gasteiger partial charge in [-0.1, -0.05) is 23.2 Å². The fourth-order valence-corrected chi connectivity index (χ4v) is 1.32. The van der Waals surface area contributed by atoms with Gasteiger partial charge in [0.2, 0.25) is 0 Å². The van der Waals surface area contributed by atoms with E-state index in [1.807, 2.05) is 6.07 Å². The highest BCUT2D eigenvalue weighted by molar-refractivity contribution is 6.37. The fourth-order valence-electron chi connectivity index (χ4n) is 0.743. The Kier molecular flexibility index (Phi) is 2.41. The Bertz CT molecular complexity index is 368. The van der Waals surface area contributed by atoms with Crippen LogP contribution in [0, 0.1) is 18.3 Å². The van der Waals surface area contributed by atoms with Gasteiger partial charge in [-0.3, -0.25) is 0 Å². The lowest BCUT2D eigenvalue weighted by Gasteiger charge is -2.04. The van der Waals surface area contributed by atoms with E-state index in [1.54, 1.807) is 6.92 Å². The molecule has 0 fully saturated rings. The van der Waals surface area contributed by atoms with E-state index in [1.165, 1.54) is 0 Å². The maximum absolute atomic E-state index is 8.60. The number of nitrogens with two attached hydrogens (primary N) is 1. The second-order valence-corrected chi connectivity index (χ2v) is 2.94. The first-order chi connectivity index (χ1) is 5.57. The predicted molar refractivity (Wildman–Crippen MR) is 48.1 cm³/mol. The zero-order valence-electron chi connectivity index (χ0n) is 6.23. The Balaban J connectivity index is 3.54. The van der Waals surface area contributed by atoms with E-state index < -0.39 is 0 Å². The monoisotopic (exact) mass is 201 g/mol. The molecule has 1 aromatic rings. The molecule has 0 aliphatic carbocycles. The summed E-state index contributed by atoms with van der Waals surface area (Å²) in [5.74, 6) is 0. The summed E-state index contributed by atoms with van der Waals surface area (Å²) in [6, 6.07) is 1.83. The van der Waals surface area contributed by atoms with Gasteiger partial charge in [0.05, 0.1) is 16.4 Å². The molecule has 0 saturated heterocycles. The van der Waals surface area contributed by atoms with Gasteiger partial charge in [-0.2, -0.15) is 5.26 Å². The van der Waals surface area contributed by atoms with Gasteiger partial charge in [0.15, 0.2) is 0 Å². The quantitative estimate of drug-likeness (QED) is 0.655. The number of hydrogen-bond donors (Lipinski definition) is 1. The second kappa shape index (κ2) is 3.18. The molecular formula is C7H5Cl2N3. The molecular weight excluding hydrogens is 197 g/mol. The smallest absolute Gasteiger partial charge is 0.148 e. The lowest BCUT2D eigenvalue weighted by molar-refractivity contribution is 1.19. The number of pyridine rings is 1. The van der Waals surface area contributed by atoms with Crippen molar-refractivity contribution in [1.29, 1.82) is 5.26 Å². The molecule has 62 valence electrons. The number of anilines is 1. The van der Waals surface area contributed by atoms with Crippen LogP contribution in [0.5, 0.6) is 0 Å². The summed E-state index contributed by atoms with van der Waals surface area (Å²) in [5, 5.41) is 8.87. The van der Waals surface area contributed by atoms with E-state index in [4.69, 9.17) is 34.2 Å². The summed E-state index contributed by atoms with van der Waals surface area (Å²) in [5.41, 5.74) is 6.48. The van der Waals surface area contributed by atoms with Crippen molar-refractivity contribution in [2.75, 3.05) is 5.73 Å². The number of aryl methyl sites for hydroxylation is 1. The molecule has 12 heavy (non-hydrogen) atoms. The SMILES string of the molecule is Cc1nc(Cl)c(C#N)c(Cl)c1N. The van der Waals surface area contributed by atoms with Crippen LogP contribution in [-0.4, -0.2) is 4.98 Å². The first-order valence-corrected chi connectivity index (χ1v) is 3.84. The highest BCUT2D eigenvalue weighted by atomic mass is 35.5. The van der Waals surface area contributed by atoms with Gasteiger partial charge in [0.25, 0.3) is 0 Å². The van der Waals surface area contributed by atoms with Crippen LogP contribution in [0.3, 0.4) is 0 Å². The van der Waals surface area contributed by atoms with Gasteiger partial charge < -0.3 is 5.73 Å². The van der Waals surface area contributed by atoms with E-state index in [0.29, 0.717) is 11.4 Å². The van der Waals surface area contributed by atoms with Crippen molar-refractivity contribution in [3.63, 3.8) is 0 Å². The van der Waals surface area contributed by atoms with Crippen molar-refractivity contribution < 1.29 is 0 Å². The average Bonchev–Trinajstić information content (AvgIpc) is 2.01. The van der Waals surface area contributed by atoms with Crippen LogP contribution in [0.25, 0.3) is 0 Å². The minimum atomic E-state index is 0.0919. The molecule has 0 unspecified atom stereocenters. The van der Waals surface area contributed by atoms with Gasteiger partial charge in [0, 0.05) is 0 Å². The molecule has 5 heteroatoms. The Hall–Kier alpha value is -0.980. The van der Waals surface area contributed by atoms with Crippen LogP contribution >= 0.6 is 23.2 Å². The molecule has 3 nitrogen and oxygen atoms in total. The molecule has 0 aromatic carbocycles. The molecule has 1 heterocycles. The van der Waals surface area contributed by atoms with Gasteiger partial charge in [-0.25, -0.2) is 4.98 Å². The minimum absolute atomic E-state index is 0.0919. The number of nitriles is 1. The number of nitrogens with zero attached hydrogens (tertiary/aromatic N) is 2. The molecule has 1 aromatic heterocycles. The summed E-state index contributed by atoms with van der Waals surface area (Å²) in [6.07, 6.45) is 0. The summed E-state index contributed by atoms with van der Waals surface area (Å²) in [7, 11) is 0. The van der Waals surface area contributed by atoms with Crippen molar-refractivity contribution in [3.8, 4) is 6.07 Å². The van der Waals surface area contributed by atoms with Crippen LogP contribution in [0.1, 0.15) is 11.3 Å². The van der Waals surface area contributed by atoms with E-state index in [-0.39, 0.29) is 15.7 Å². The normalized spacial score (nSPS) is 9.50. The van der Waals surface area contributed by atoms with Crippen molar-refractivity contribution >= 4 is 28.9 Å². The standard InChI is InChI=1S/C7H5Cl2N3/c1-3-6(11)5(8)4(2-10)7(9)12-3/h11H2,1H3. The third-order valence-electron chi connectivity index (χ3n) is 1.43. The van der Waals surface area contributed by atoms with Gasteiger partial charge in [-0.05, 0) is 6.92 Å². The predicted octanol–water partition coefficient (Wildman–Crippen LogP) is 2.15. The van der Waals surface area contributed by atoms with E-state index in [9.17, 15) is 0 Å². The highest BCUT2D eigenvalue weighted by Crippen LogP contribution is 2.29. The van der Waals surface area contributed by atoms with Crippen LogP contribution in [0.4, 0.5) is 5.69 Å². The van der Waals surface area contributed by atoms with Crippen LogP contribution in [0.15, 0.2) is 0 Å². The zero-order valence-corrected chi connectivity index (χ0v) is 7.74. The highest BCUT2D eigenvalue weighted by Gasteiger charge is 2.12. The van der Waals surface area contributed by atoms with E-state index >= 15 is 0 Å². The number of rotatable bonds is 0. The average molecular weight is 202 g/mol. The molecule has 0 saturated carbocycles. The lowest BCUT2D eigenvalue weighted by Crippen LogP contribution is -1.97. The van der Waals surface area contributed by atoms with E-state index in [2.05, 4.69) is 4.98 Å². The van der Waals surface area contributed by atoms with Crippen molar-refractivity contribution in [2.45, 2.75) is 6.92 Å². The maximum atomic E-state index is 8.60. The van der Waals surface area contributed by atoms with Gasteiger partial charge >= 0.3 is 0 Å². The van der Waals surface area contributed by atoms with Crippen LogP contribution in [0.2, 0.25) is 10.2 Å². The molecule has 0 spiro atoms. The topological polar surface area (TPSA) is 62.7 Å². The Morgan fingerprint density at radius 1 is 1.50 bits per heavy atom. The molecule has 0 amide bonds. The summed E-state index contributed by atoms with van der Waals surface area (Å²) in [4.78, 5) is 3.84. The third kappa shape index (κ3) is 1.31. The molecule has 1 rings (SSSR count). The number of nitrogen functional groups attached to an aromatic ring is 1. The van der Waals surface area contributed by atoms with Gasteiger partial charge in [0.1, 0.15) is 16.8 Å². The summed E-state index contributed by atoms with van der Waals surface area (Å²) >= 11 is 11.4. The van der Waals surface area contributed by atoms with Crippen molar-refractivity contribution in [1.82, 2.24) is 4.98 Å². The number of aromatic nitrogens is 1. The summed E-state index contributed by atoms with van der Waals surface area (Å²) in [6.45, 7) is 1.67. The molecule has 0 radical (unpaired) electrons. The van der Waals surface area contributed by atoms with Crippen molar-refractivity contribution in [3.05, 3.63) is 21.4 Å². The van der Waals surface area contributed by atoms with E-state index in [0.717, 1.165) is 0 Å². The number of halogens is 2. The Morgan fingerprint density at radius 3 is 2.58 bits per heavy atom. The largest absolute Gasteiger partial charge is 0.396 e. The summed E-state index contributed by atoms with van der Waals surface area (Å²) < 4.78 is 0. The van der Waals surface area contributed by atoms with Crippen molar-refractivity contribution in [2.24, 2.45) is 0 Å². The third-order valence-corrected chi connectivity index (χ3v) is 2.10. The molecule has 0 aliphatic rings. The Labute approximate surface area is 79.7 Å². The van der Waals surface area contributed by atoms with Crippen LogP contribution < -0.4 is 5.73 Å². The molecule has 0 bridgehead atoms. The first kappa shape index (κ1) is 9.11. The second-order valence-electron chi connectivity index (χ2n) is 2.20. The van der Waals surface area contributed by atoms with Crippen LogP contribution in [-0.2, 0) is 0 Å². The molecule has 0 aliphatic heterocycles. The number of hydrogen-bond acceptors (Lipinski definition) is 3. The first-order valence-electron chi connectivity index (χ1n) is 3.09. The minimum Gasteiger partial charge on any atom is -0.396 e. The molecule has 0 atom stereocenters. The zero-order chi connectivity index (χ0) is 9.30. The molecule has 2 N–H and O–H groups in total. The lowest BCUT2D eigenvalue weighted by atomic mass is 10.2. The van der Waals surface area contributed by atoms with Gasteiger partial charge in [-0.15, -0.1) is 0 Å².